The SMILES string of the molecule is Cc1nc(SCC(=O)Nc2ccc(Cl)cc2Cl)sc1Cc1cc(Cl)ccc1Cl. The molecule has 0 saturated carbocycles. The Bertz CT molecular complexity index is 1020. The highest BCUT2D eigenvalue weighted by Crippen LogP contribution is 2.32. The summed E-state index contributed by atoms with van der Waals surface area (Å²) in [5.74, 6) is 0.0602. The zero-order valence-electron chi connectivity index (χ0n) is 14.6. The number of carbonyl (C=O) groups excluding carboxylic acids is 1. The second-order valence-electron chi connectivity index (χ2n) is 5.86. The summed E-state index contributed by atoms with van der Waals surface area (Å²) < 4.78 is 0.822. The number of hydrogen-bond donors (Lipinski definition) is 1. The standard InChI is InChI=1S/C19H14Cl4N2OS2/c1-10-17(7-11-6-12(20)2-4-14(11)22)28-19(24-10)27-9-18(26)25-16-5-3-13(21)8-15(16)23/h2-6,8H,7,9H2,1H3,(H,25,26). The van der Waals surface area contributed by atoms with Crippen molar-refractivity contribution in [1.82, 2.24) is 4.98 Å². The van der Waals surface area contributed by atoms with Gasteiger partial charge < -0.3 is 5.32 Å². The molecule has 0 unspecified atom stereocenters. The molecule has 0 radical (unpaired) electrons. The first-order chi connectivity index (χ1) is 13.3. The molecule has 1 N–H and O–H groups in total. The fourth-order valence-electron chi connectivity index (χ4n) is 2.38. The molecule has 1 heterocycles. The van der Waals surface area contributed by atoms with Gasteiger partial charge in [-0.3, -0.25) is 4.79 Å². The summed E-state index contributed by atoms with van der Waals surface area (Å²) in [6.07, 6.45) is 0.649. The normalized spacial score (nSPS) is 10.9. The van der Waals surface area contributed by atoms with Gasteiger partial charge in [0, 0.05) is 26.4 Å². The van der Waals surface area contributed by atoms with Crippen molar-refractivity contribution in [1.29, 1.82) is 0 Å². The zero-order chi connectivity index (χ0) is 20.3. The molecule has 9 heteroatoms. The quantitative estimate of drug-likeness (QED) is 0.365. The number of benzene rings is 2. The van der Waals surface area contributed by atoms with Crippen LogP contribution in [0.15, 0.2) is 40.7 Å². The van der Waals surface area contributed by atoms with E-state index >= 15 is 0 Å². The summed E-state index contributed by atoms with van der Waals surface area (Å²) >= 11 is 27.2. The van der Waals surface area contributed by atoms with E-state index in [1.165, 1.54) is 11.8 Å². The van der Waals surface area contributed by atoms with Gasteiger partial charge in [0.05, 0.1) is 22.2 Å². The predicted octanol–water partition coefficient (Wildman–Crippen LogP) is 7.39. The Morgan fingerprint density at radius 3 is 2.54 bits per heavy atom. The number of nitrogens with zero attached hydrogens (tertiary/aromatic N) is 1. The Morgan fingerprint density at radius 1 is 1.07 bits per heavy atom. The van der Waals surface area contributed by atoms with Gasteiger partial charge in [-0.15, -0.1) is 11.3 Å². The highest BCUT2D eigenvalue weighted by atomic mass is 35.5. The number of hydrogen-bond acceptors (Lipinski definition) is 4. The predicted molar refractivity (Wildman–Crippen MR) is 122 cm³/mol. The van der Waals surface area contributed by atoms with E-state index in [9.17, 15) is 4.79 Å². The number of nitrogens with one attached hydrogen (secondary N) is 1. The maximum atomic E-state index is 12.2. The average Bonchev–Trinajstić information content (AvgIpc) is 2.98. The van der Waals surface area contributed by atoms with Crippen LogP contribution in [0, 0.1) is 6.92 Å². The number of anilines is 1. The molecule has 0 atom stereocenters. The van der Waals surface area contributed by atoms with Crippen LogP contribution in [0.5, 0.6) is 0 Å². The number of carbonyl (C=O) groups is 1. The van der Waals surface area contributed by atoms with E-state index in [1.54, 1.807) is 41.7 Å². The highest BCUT2D eigenvalue weighted by molar-refractivity contribution is 8.01. The van der Waals surface area contributed by atoms with Crippen LogP contribution in [0.3, 0.4) is 0 Å². The third kappa shape index (κ3) is 5.78. The van der Waals surface area contributed by atoms with Crippen molar-refractivity contribution >= 4 is 81.1 Å². The van der Waals surface area contributed by atoms with Gasteiger partial charge in [-0.1, -0.05) is 58.2 Å². The topological polar surface area (TPSA) is 42.0 Å². The first-order valence-electron chi connectivity index (χ1n) is 8.10. The molecule has 0 aliphatic carbocycles. The van der Waals surface area contributed by atoms with E-state index in [4.69, 9.17) is 46.4 Å². The first kappa shape index (κ1) is 21.8. The average molecular weight is 492 g/mol. The number of amides is 1. The summed E-state index contributed by atoms with van der Waals surface area (Å²) in [6.45, 7) is 1.95. The van der Waals surface area contributed by atoms with Crippen LogP contribution < -0.4 is 5.32 Å². The van der Waals surface area contributed by atoms with Crippen molar-refractivity contribution in [2.45, 2.75) is 17.7 Å². The molecule has 1 aromatic heterocycles. The summed E-state index contributed by atoms with van der Waals surface area (Å²) in [6, 6.07) is 10.3. The molecule has 28 heavy (non-hydrogen) atoms. The van der Waals surface area contributed by atoms with Crippen LogP contribution in [-0.2, 0) is 11.2 Å². The van der Waals surface area contributed by atoms with Crippen LogP contribution in [0.25, 0.3) is 0 Å². The summed E-state index contributed by atoms with van der Waals surface area (Å²) in [5, 5.41) is 5.01. The van der Waals surface area contributed by atoms with Crippen LogP contribution in [0.1, 0.15) is 16.1 Å². The fraction of sp³-hybridized carbons (Fsp3) is 0.158. The van der Waals surface area contributed by atoms with Crippen LogP contribution in [0.2, 0.25) is 20.1 Å². The Labute approximate surface area is 191 Å². The van der Waals surface area contributed by atoms with Gasteiger partial charge in [-0.2, -0.15) is 0 Å². The molecule has 0 aliphatic heterocycles. The number of thiazole rings is 1. The zero-order valence-corrected chi connectivity index (χ0v) is 19.2. The maximum Gasteiger partial charge on any atom is 0.234 e. The van der Waals surface area contributed by atoms with E-state index in [0.29, 0.717) is 32.2 Å². The van der Waals surface area contributed by atoms with Gasteiger partial charge >= 0.3 is 0 Å². The number of halogens is 4. The number of thioether (sulfide) groups is 1. The summed E-state index contributed by atoms with van der Waals surface area (Å²) in [5.41, 5.74) is 2.40. The molecule has 3 rings (SSSR count). The molecular weight excluding hydrogens is 478 g/mol. The lowest BCUT2D eigenvalue weighted by molar-refractivity contribution is -0.113. The van der Waals surface area contributed by atoms with Gasteiger partial charge in [-0.25, -0.2) is 4.98 Å². The van der Waals surface area contributed by atoms with Crippen molar-refractivity contribution in [2.75, 3.05) is 11.1 Å². The molecule has 3 aromatic rings. The number of rotatable bonds is 6. The van der Waals surface area contributed by atoms with Gasteiger partial charge in [0.2, 0.25) is 5.91 Å². The molecule has 0 saturated heterocycles. The van der Waals surface area contributed by atoms with Gasteiger partial charge in [0.25, 0.3) is 0 Å². The van der Waals surface area contributed by atoms with E-state index in [1.807, 2.05) is 13.0 Å². The second-order valence-corrected chi connectivity index (χ2v) is 9.86. The van der Waals surface area contributed by atoms with Crippen molar-refractivity contribution in [3.63, 3.8) is 0 Å². The fourth-order valence-corrected chi connectivity index (χ4v) is 5.27. The lowest BCUT2D eigenvalue weighted by Crippen LogP contribution is -2.14. The van der Waals surface area contributed by atoms with Gasteiger partial charge in [0.15, 0.2) is 4.34 Å². The Morgan fingerprint density at radius 2 is 1.79 bits per heavy atom. The van der Waals surface area contributed by atoms with Crippen molar-refractivity contribution in [3.8, 4) is 0 Å². The van der Waals surface area contributed by atoms with Crippen molar-refractivity contribution in [3.05, 3.63) is 72.6 Å². The third-order valence-corrected chi connectivity index (χ3v) is 7.22. The van der Waals surface area contributed by atoms with E-state index in [0.717, 1.165) is 20.5 Å². The Hall–Kier alpha value is -0.950. The lowest BCUT2D eigenvalue weighted by atomic mass is 10.1. The molecule has 0 bridgehead atoms. The second kappa shape index (κ2) is 9.70. The maximum absolute atomic E-state index is 12.2. The minimum atomic E-state index is -0.165. The largest absolute Gasteiger partial charge is 0.324 e. The molecule has 0 spiro atoms. The van der Waals surface area contributed by atoms with Gasteiger partial charge in [0.1, 0.15) is 0 Å². The molecule has 3 nitrogen and oxygen atoms in total. The van der Waals surface area contributed by atoms with Gasteiger partial charge in [-0.05, 0) is 48.9 Å². The van der Waals surface area contributed by atoms with Crippen molar-refractivity contribution in [2.24, 2.45) is 0 Å². The van der Waals surface area contributed by atoms with E-state index in [2.05, 4.69) is 10.3 Å². The molecule has 146 valence electrons. The molecule has 0 fully saturated rings. The van der Waals surface area contributed by atoms with E-state index in [-0.39, 0.29) is 11.7 Å². The Kier molecular flexibility index (Phi) is 7.54. The van der Waals surface area contributed by atoms with Crippen molar-refractivity contribution < 1.29 is 4.79 Å². The Balaban J connectivity index is 1.61. The van der Waals surface area contributed by atoms with Crippen LogP contribution in [0.4, 0.5) is 5.69 Å². The monoisotopic (exact) mass is 490 g/mol. The number of aromatic nitrogens is 1. The third-order valence-electron chi connectivity index (χ3n) is 3.76. The highest BCUT2D eigenvalue weighted by Gasteiger charge is 2.13. The van der Waals surface area contributed by atoms with E-state index < -0.39 is 0 Å². The summed E-state index contributed by atoms with van der Waals surface area (Å²) in [4.78, 5) is 17.8. The first-order valence-corrected chi connectivity index (χ1v) is 11.4. The molecule has 1 amide bonds. The smallest absolute Gasteiger partial charge is 0.234 e. The summed E-state index contributed by atoms with van der Waals surface area (Å²) in [7, 11) is 0. The molecule has 2 aromatic carbocycles. The minimum absolute atomic E-state index is 0.165. The minimum Gasteiger partial charge on any atom is -0.324 e. The number of aryl methyl sites for hydroxylation is 1. The van der Waals surface area contributed by atoms with Crippen LogP contribution in [-0.4, -0.2) is 16.6 Å². The van der Waals surface area contributed by atoms with Crippen LogP contribution >= 0.6 is 69.5 Å². The molecular formula is C19H14Cl4N2OS2. The molecule has 0 aliphatic rings. The lowest BCUT2D eigenvalue weighted by Gasteiger charge is -2.06.